The molecule has 1 aromatic heterocycles. The molecule has 9 rings (SSSR count). The van der Waals surface area contributed by atoms with Crippen LogP contribution < -0.4 is 29.7 Å². The van der Waals surface area contributed by atoms with E-state index in [0.717, 1.165) is 12.5 Å². The third kappa shape index (κ3) is 9.07. The van der Waals surface area contributed by atoms with Crippen LogP contribution in [0.2, 0.25) is 5.02 Å². The van der Waals surface area contributed by atoms with Gasteiger partial charge in [0.05, 0.1) is 59.5 Å². The summed E-state index contributed by atoms with van der Waals surface area (Å²) in [5.74, 6) is -2.83. The Balaban J connectivity index is 1.23. The first-order chi connectivity index (χ1) is 33.5. The molecule has 0 saturated carbocycles. The number of carboxylic acid groups (broad SMARTS) is 1. The number of methoxy groups -OCH3 is 2. The summed E-state index contributed by atoms with van der Waals surface area (Å²) >= 11 is 7.14. The van der Waals surface area contributed by atoms with E-state index in [0.29, 0.717) is 41.2 Å². The zero-order chi connectivity index (χ0) is 49.6. The number of hydrogen-bond acceptors (Lipinski definition) is 11. The second kappa shape index (κ2) is 19.1. The lowest BCUT2D eigenvalue weighted by Crippen LogP contribution is -2.42. The van der Waals surface area contributed by atoms with E-state index in [9.17, 15) is 14.3 Å². The van der Waals surface area contributed by atoms with Gasteiger partial charge in [0.25, 0.3) is 0 Å². The maximum absolute atomic E-state index is 18.2. The number of ether oxygens (including phenoxy) is 4. The molecule has 5 aromatic rings. The molecule has 3 N–H and O–H groups in total. The fourth-order valence-corrected chi connectivity index (χ4v) is 10.3. The van der Waals surface area contributed by atoms with Gasteiger partial charge in [0, 0.05) is 48.9 Å². The largest absolute Gasteiger partial charge is 0.497 e. The molecule has 0 bridgehead atoms. The highest BCUT2D eigenvalue weighted by molar-refractivity contribution is 6.37. The minimum absolute atomic E-state index is 0.00396. The van der Waals surface area contributed by atoms with Crippen LogP contribution in [0.3, 0.4) is 0 Å². The zero-order valence-corrected chi connectivity index (χ0v) is 39.2. The normalized spacial score (nSPS) is 18.9. The second-order valence-corrected chi connectivity index (χ2v) is 18.0. The molecule has 20 heteroatoms. The molecule has 1 unspecified atom stereocenters. The number of nitrogens with zero attached hydrogens (tertiary/aromatic N) is 5. The Hall–Kier alpha value is -6.86. The number of hydrogen-bond donors (Lipinski definition) is 3. The molecule has 5 heterocycles. The molecule has 0 radical (unpaired) electrons. The molecule has 13 nitrogen and oxygen atoms in total. The van der Waals surface area contributed by atoms with Crippen LogP contribution in [-0.4, -0.2) is 84.1 Å². The Morgan fingerprint density at radius 3 is 2.33 bits per heavy atom. The van der Waals surface area contributed by atoms with Crippen molar-refractivity contribution in [3.63, 3.8) is 0 Å². The van der Waals surface area contributed by atoms with E-state index in [4.69, 9.17) is 30.5 Å². The van der Waals surface area contributed by atoms with Crippen molar-refractivity contribution in [1.82, 2.24) is 14.8 Å². The highest BCUT2D eigenvalue weighted by atomic mass is 35.5. The number of amidine groups is 1. The minimum atomic E-state index is -5.23. The summed E-state index contributed by atoms with van der Waals surface area (Å²) in [6.45, 7) is 3.32. The van der Waals surface area contributed by atoms with Crippen molar-refractivity contribution >= 4 is 40.7 Å². The molecule has 4 aromatic carbocycles. The third-order valence-corrected chi connectivity index (χ3v) is 13.7. The molecule has 0 aliphatic carbocycles. The first-order valence-electron chi connectivity index (χ1n) is 22.4. The van der Waals surface area contributed by atoms with E-state index >= 15 is 22.0 Å². The van der Waals surface area contributed by atoms with Gasteiger partial charge in [0.1, 0.15) is 42.6 Å². The summed E-state index contributed by atoms with van der Waals surface area (Å²) in [7, 11) is 3.01. The van der Waals surface area contributed by atoms with Gasteiger partial charge in [-0.25, -0.2) is 27.9 Å². The summed E-state index contributed by atoms with van der Waals surface area (Å²) in [5, 5.41) is 14.3. The number of halogens is 7. The number of rotatable bonds is 14. The molecule has 70 heavy (non-hydrogen) atoms. The number of aryl methyl sites for hydroxylation is 1. The topological polar surface area (TPSA) is 133 Å². The van der Waals surface area contributed by atoms with Crippen LogP contribution in [0.5, 0.6) is 17.2 Å². The van der Waals surface area contributed by atoms with Gasteiger partial charge in [-0.05, 0) is 86.3 Å². The number of pyridine rings is 1. The average molecular weight is 992 g/mol. The summed E-state index contributed by atoms with van der Waals surface area (Å²) in [6.07, 6.45) is -3.47. The van der Waals surface area contributed by atoms with Gasteiger partial charge in [0.2, 0.25) is 0 Å². The molecule has 2 saturated heterocycles. The Morgan fingerprint density at radius 1 is 1.03 bits per heavy atom. The van der Waals surface area contributed by atoms with E-state index in [2.05, 4.69) is 20.6 Å². The van der Waals surface area contributed by atoms with Gasteiger partial charge in [-0.2, -0.15) is 13.2 Å². The molecule has 4 aliphatic rings. The van der Waals surface area contributed by atoms with Crippen molar-refractivity contribution in [1.29, 1.82) is 0 Å². The number of fused-ring (bicyclic) bond motifs is 1. The van der Waals surface area contributed by atoms with Gasteiger partial charge in [-0.3, -0.25) is 10.2 Å². The Kier molecular flexibility index (Phi) is 13.2. The second-order valence-electron chi connectivity index (χ2n) is 17.6. The van der Waals surface area contributed by atoms with Crippen LogP contribution in [0.25, 0.3) is 11.1 Å². The van der Waals surface area contributed by atoms with Gasteiger partial charge in [-0.15, -0.1) is 0 Å². The maximum Gasteiger partial charge on any atom is 0.417 e. The van der Waals surface area contributed by atoms with Gasteiger partial charge < -0.3 is 39.2 Å². The Labute approximate surface area is 404 Å². The van der Waals surface area contributed by atoms with Crippen molar-refractivity contribution in [2.24, 2.45) is 4.99 Å². The summed E-state index contributed by atoms with van der Waals surface area (Å²) in [6, 6.07) is 17.2. The van der Waals surface area contributed by atoms with Crippen molar-refractivity contribution in [3.05, 3.63) is 135 Å². The molecule has 3 atom stereocenters. The van der Waals surface area contributed by atoms with Gasteiger partial charge in [0.15, 0.2) is 17.4 Å². The molecule has 4 aliphatic heterocycles. The molecule has 0 spiro atoms. The average Bonchev–Trinajstić information content (AvgIpc) is 3.80. The summed E-state index contributed by atoms with van der Waals surface area (Å²) < 4.78 is 121. The number of nitrogens with one attached hydrogen (secondary N) is 2. The molecular weight excluding hydrogens is 944 g/mol. The van der Waals surface area contributed by atoms with E-state index in [1.807, 2.05) is 4.90 Å². The smallest absolute Gasteiger partial charge is 0.417 e. The van der Waals surface area contributed by atoms with Gasteiger partial charge >= 0.3 is 18.2 Å². The van der Waals surface area contributed by atoms with Crippen LogP contribution in [0.1, 0.15) is 65.6 Å². The predicted molar refractivity (Wildman–Crippen MR) is 251 cm³/mol. The minimum Gasteiger partial charge on any atom is -0.497 e. The van der Waals surface area contributed by atoms with Crippen LogP contribution in [0.15, 0.2) is 90.1 Å². The Morgan fingerprint density at radius 2 is 1.70 bits per heavy atom. The SMILES string of the molecule is COc1ccc(CN(Cc2ccc(OC)cc2)c2cc(C)c(C(F)(F)F)c(-c3c(F)c4c5c(c3Cl)NCN=C5N(C(C)c3cccnc3NC(=O)O)C=C(OC[C@@]35CCCN3C[C@H](F)C5)O4)c2F)cc1. The van der Waals surface area contributed by atoms with Gasteiger partial charge in [-0.1, -0.05) is 41.9 Å². The molecule has 2 fully saturated rings. The number of anilines is 3. The maximum atomic E-state index is 18.2. The van der Waals surface area contributed by atoms with Crippen LogP contribution in [0.4, 0.5) is 48.3 Å². The van der Waals surface area contributed by atoms with Crippen LogP contribution in [-0.2, 0) is 24.0 Å². The number of alkyl halides is 4. The fraction of sp³-hybridized carbons (Fsp3) is 0.340. The quantitative estimate of drug-likeness (QED) is 0.0919. The molecule has 1 amide bonds. The number of benzene rings is 4. The van der Waals surface area contributed by atoms with Crippen molar-refractivity contribution in [3.8, 4) is 28.4 Å². The third-order valence-electron chi connectivity index (χ3n) is 13.3. The number of amides is 1. The predicted octanol–water partition coefficient (Wildman–Crippen LogP) is 11.3. The van der Waals surface area contributed by atoms with E-state index in [1.54, 1.807) is 72.5 Å². The number of carbonyl (C=O) groups is 1. The van der Waals surface area contributed by atoms with Crippen molar-refractivity contribution in [2.45, 2.75) is 70.1 Å². The van der Waals surface area contributed by atoms with Crippen LogP contribution in [0, 0.1) is 18.6 Å². The first-order valence-corrected chi connectivity index (χ1v) is 22.8. The highest BCUT2D eigenvalue weighted by Crippen LogP contribution is 2.53. The van der Waals surface area contributed by atoms with Crippen LogP contribution >= 0.6 is 11.6 Å². The van der Waals surface area contributed by atoms with Crippen molar-refractivity contribution in [2.75, 3.05) is 56.1 Å². The highest BCUT2D eigenvalue weighted by Gasteiger charge is 2.50. The Bertz CT molecular complexity index is 2840. The lowest BCUT2D eigenvalue weighted by atomic mass is 9.90. The monoisotopic (exact) mass is 991 g/mol. The number of aromatic nitrogens is 1. The number of aliphatic imine (C=N–C) groups is 1. The molecule has 368 valence electrons. The standard InChI is InChI=1S/C50H48ClF6N7O6/c1-27-19-35(62(21-29-8-12-32(67-3)13-9-29)22-30-10-14-33(68-4)15-11-30)42(53)37(40(27)50(55,56)57)38-41(51)44-39-45(43(38)54)70-36(69-25-49-16-6-18-63(49)23-31(52)20-49)24-64(47(39)60-26-59-44)28(2)34-7-5-17-58-46(34)61-48(65)66/h5,7-15,17,19,24,28,31,59H,6,16,18,20-23,25-26H2,1-4H3,(H,58,61)(H,65,66)/t28?,31-,49+/m1/s1. The fourth-order valence-electron chi connectivity index (χ4n) is 10.0. The van der Waals surface area contributed by atoms with E-state index in [-0.39, 0.29) is 73.9 Å². The van der Waals surface area contributed by atoms with E-state index in [1.165, 1.54) is 38.4 Å². The molecular formula is C50H48ClF6N7O6. The first kappa shape index (κ1) is 48.2. The van der Waals surface area contributed by atoms with Crippen molar-refractivity contribution < 1.29 is 55.2 Å². The summed E-state index contributed by atoms with van der Waals surface area (Å²) in [5.41, 5.74) is -3.60. The lowest BCUT2D eigenvalue weighted by Gasteiger charge is -2.33. The lowest BCUT2D eigenvalue weighted by molar-refractivity contribution is -0.137. The summed E-state index contributed by atoms with van der Waals surface area (Å²) in [4.78, 5) is 25.8. The zero-order valence-electron chi connectivity index (χ0n) is 38.4. The van der Waals surface area contributed by atoms with E-state index < -0.39 is 74.7 Å².